The molecule has 1 heterocycles. The third-order valence-corrected chi connectivity index (χ3v) is 3.00. The first kappa shape index (κ1) is 16.1. The van der Waals surface area contributed by atoms with E-state index in [2.05, 4.69) is 0 Å². The Bertz CT molecular complexity index is 326. The number of alkyl halides is 3. The Morgan fingerprint density at radius 3 is 2.42 bits per heavy atom. The third kappa shape index (κ3) is 4.89. The molecule has 1 fully saturated rings. The lowest BCUT2D eigenvalue weighted by atomic mass is 9.91. The molecule has 2 N–H and O–H groups in total. The molecule has 112 valence electrons. The van der Waals surface area contributed by atoms with Gasteiger partial charge < -0.3 is 15.4 Å². The molecule has 0 spiro atoms. The number of nitrogens with zero attached hydrogens (tertiary/aromatic N) is 1. The molecule has 0 saturated carbocycles. The SMILES string of the molecule is CC(C)(C)OC(=O)N1CCC[C@H]([C@@H](N)C(F)(F)F)C1. The number of hydrogen-bond donors (Lipinski definition) is 1. The van der Waals surface area contributed by atoms with E-state index in [1.54, 1.807) is 20.8 Å². The van der Waals surface area contributed by atoms with E-state index in [9.17, 15) is 18.0 Å². The third-order valence-electron chi connectivity index (χ3n) is 3.00. The summed E-state index contributed by atoms with van der Waals surface area (Å²) in [6.07, 6.45) is -4.12. The molecule has 1 aliphatic rings. The van der Waals surface area contributed by atoms with E-state index in [1.165, 1.54) is 4.90 Å². The van der Waals surface area contributed by atoms with Gasteiger partial charge in [-0.25, -0.2) is 4.79 Å². The van der Waals surface area contributed by atoms with Gasteiger partial charge in [-0.05, 0) is 33.6 Å². The number of halogens is 3. The van der Waals surface area contributed by atoms with Crippen LogP contribution in [-0.2, 0) is 4.74 Å². The van der Waals surface area contributed by atoms with E-state index >= 15 is 0 Å². The van der Waals surface area contributed by atoms with E-state index in [4.69, 9.17) is 10.5 Å². The summed E-state index contributed by atoms with van der Waals surface area (Å²) in [6, 6.07) is -1.89. The Labute approximate surface area is 111 Å². The molecular formula is C12H21F3N2O2. The van der Waals surface area contributed by atoms with E-state index < -0.39 is 29.8 Å². The average Bonchev–Trinajstić information content (AvgIpc) is 2.24. The maximum atomic E-state index is 12.6. The van der Waals surface area contributed by atoms with Crippen molar-refractivity contribution in [3.8, 4) is 0 Å². The summed E-state index contributed by atoms with van der Waals surface area (Å²) in [5.74, 6) is -0.763. The first-order valence-corrected chi connectivity index (χ1v) is 6.31. The van der Waals surface area contributed by atoms with Gasteiger partial charge in [0.25, 0.3) is 0 Å². The van der Waals surface area contributed by atoms with Crippen LogP contribution in [0.1, 0.15) is 33.6 Å². The predicted molar refractivity (Wildman–Crippen MR) is 64.6 cm³/mol. The molecule has 0 aromatic carbocycles. The molecule has 0 aromatic rings. The van der Waals surface area contributed by atoms with E-state index in [-0.39, 0.29) is 6.54 Å². The summed E-state index contributed by atoms with van der Waals surface area (Å²) in [4.78, 5) is 13.1. The summed E-state index contributed by atoms with van der Waals surface area (Å²) in [5, 5.41) is 0. The van der Waals surface area contributed by atoms with Crippen LogP contribution < -0.4 is 5.73 Å². The molecule has 7 heteroatoms. The van der Waals surface area contributed by atoms with E-state index in [0.29, 0.717) is 19.4 Å². The molecule has 2 atom stereocenters. The maximum Gasteiger partial charge on any atom is 0.410 e. The molecule has 1 amide bonds. The number of ether oxygens (including phenoxy) is 1. The van der Waals surface area contributed by atoms with Crippen LogP contribution in [0.2, 0.25) is 0 Å². The van der Waals surface area contributed by atoms with Gasteiger partial charge in [-0.1, -0.05) is 0 Å². The quantitative estimate of drug-likeness (QED) is 0.804. The molecular weight excluding hydrogens is 261 g/mol. The van der Waals surface area contributed by atoms with Crippen molar-refractivity contribution in [1.82, 2.24) is 4.90 Å². The summed E-state index contributed by atoms with van der Waals surface area (Å²) in [7, 11) is 0. The first-order chi connectivity index (χ1) is 8.50. The lowest BCUT2D eigenvalue weighted by Gasteiger charge is -2.36. The zero-order valence-electron chi connectivity index (χ0n) is 11.5. The minimum absolute atomic E-state index is 0.00438. The Kier molecular flexibility index (Phi) is 4.71. The molecule has 1 rings (SSSR count). The van der Waals surface area contributed by atoms with Crippen LogP contribution in [0.4, 0.5) is 18.0 Å². The predicted octanol–water partition coefficient (Wildman–Crippen LogP) is 2.52. The fourth-order valence-electron chi connectivity index (χ4n) is 2.06. The molecule has 1 aliphatic heterocycles. The van der Waals surface area contributed by atoms with Gasteiger partial charge in [-0.3, -0.25) is 0 Å². The largest absolute Gasteiger partial charge is 0.444 e. The minimum Gasteiger partial charge on any atom is -0.444 e. The number of carbonyl (C=O) groups is 1. The zero-order valence-corrected chi connectivity index (χ0v) is 11.5. The summed E-state index contributed by atoms with van der Waals surface area (Å²) >= 11 is 0. The number of likely N-dealkylation sites (tertiary alicyclic amines) is 1. The second-order valence-electron chi connectivity index (χ2n) is 5.90. The van der Waals surface area contributed by atoms with Gasteiger partial charge in [0.15, 0.2) is 0 Å². The Morgan fingerprint density at radius 1 is 1.37 bits per heavy atom. The standard InChI is InChI=1S/C12H21F3N2O2/c1-11(2,3)19-10(18)17-6-4-5-8(7-17)9(16)12(13,14)15/h8-9H,4-7,16H2,1-3H3/t8-,9+/m0/s1. The van der Waals surface area contributed by atoms with E-state index in [0.717, 1.165) is 0 Å². The van der Waals surface area contributed by atoms with Crippen molar-refractivity contribution >= 4 is 6.09 Å². The molecule has 19 heavy (non-hydrogen) atoms. The summed E-state index contributed by atoms with van der Waals surface area (Å²) in [5.41, 5.74) is 4.55. The fourth-order valence-corrected chi connectivity index (χ4v) is 2.06. The van der Waals surface area contributed by atoms with Crippen LogP contribution in [0.5, 0.6) is 0 Å². The number of carbonyl (C=O) groups excluding carboxylic acids is 1. The second-order valence-corrected chi connectivity index (χ2v) is 5.90. The van der Waals surface area contributed by atoms with Gasteiger partial charge in [0.1, 0.15) is 11.6 Å². The van der Waals surface area contributed by atoms with Crippen LogP contribution in [0, 0.1) is 5.92 Å². The van der Waals surface area contributed by atoms with Crippen molar-refractivity contribution in [1.29, 1.82) is 0 Å². The Hall–Kier alpha value is -0.980. The highest BCUT2D eigenvalue weighted by molar-refractivity contribution is 5.68. The summed E-state index contributed by atoms with van der Waals surface area (Å²) < 4.78 is 42.9. The Morgan fingerprint density at radius 2 is 1.95 bits per heavy atom. The van der Waals surface area contributed by atoms with Crippen molar-refractivity contribution in [2.45, 2.75) is 51.4 Å². The fraction of sp³-hybridized carbons (Fsp3) is 0.917. The normalized spacial score (nSPS) is 23.1. The topological polar surface area (TPSA) is 55.6 Å². The van der Waals surface area contributed by atoms with Gasteiger partial charge >= 0.3 is 12.3 Å². The van der Waals surface area contributed by atoms with Crippen molar-refractivity contribution in [3.63, 3.8) is 0 Å². The number of hydrogen-bond acceptors (Lipinski definition) is 3. The molecule has 0 aliphatic carbocycles. The van der Waals surface area contributed by atoms with Crippen LogP contribution in [0.15, 0.2) is 0 Å². The zero-order chi connectivity index (χ0) is 14.8. The minimum atomic E-state index is -4.43. The van der Waals surface area contributed by atoms with Crippen molar-refractivity contribution < 1.29 is 22.7 Å². The lowest BCUT2D eigenvalue weighted by molar-refractivity contribution is -0.162. The van der Waals surface area contributed by atoms with Crippen molar-refractivity contribution in [3.05, 3.63) is 0 Å². The van der Waals surface area contributed by atoms with Gasteiger partial charge in [0.05, 0.1) is 0 Å². The highest BCUT2D eigenvalue weighted by Crippen LogP contribution is 2.29. The van der Waals surface area contributed by atoms with Crippen LogP contribution in [-0.4, -0.2) is 41.9 Å². The highest BCUT2D eigenvalue weighted by Gasteiger charge is 2.44. The van der Waals surface area contributed by atoms with Gasteiger partial charge in [-0.15, -0.1) is 0 Å². The number of nitrogens with two attached hydrogens (primary N) is 1. The number of piperidine rings is 1. The van der Waals surface area contributed by atoms with Crippen molar-refractivity contribution in [2.75, 3.05) is 13.1 Å². The van der Waals surface area contributed by atoms with Gasteiger partial charge in [0, 0.05) is 19.0 Å². The van der Waals surface area contributed by atoms with Crippen LogP contribution in [0.3, 0.4) is 0 Å². The van der Waals surface area contributed by atoms with Crippen LogP contribution in [0.25, 0.3) is 0 Å². The molecule has 1 saturated heterocycles. The maximum absolute atomic E-state index is 12.6. The Balaban J connectivity index is 2.62. The smallest absolute Gasteiger partial charge is 0.410 e. The highest BCUT2D eigenvalue weighted by atomic mass is 19.4. The average molecular weight is 282 g/mol. The molecule has 0 aromatic heterocycles. The summed E-state index contributed by atoms with van der Waals surface area (Å²) in [6.45, 7) is 5.56. The van der Waals surface area contributed by atoms with Crippen molar-refractivity contribution in [2.24, 2.45) is 11.7 Å². The number of rotatable bonds is 1. The molecule has 4 nitrogen and oxygen atoms in total. The molecule has 0 unspecified atom stereocenters. The van der Waals surface area contributed by atoms with Crippen LogP contribution >= 0.6 is 0 Å². The van der Waals surface area contributed by atoms with E-state index in [1.807, 2.05) is 0 Å². The molecule has 0 bridgehead atoms. The van der Waals surface area contributed by atoms with Gasteiger partial charge in [-0.2, -0.15) is 13.2 Å². The lowest BCUT2D eigenvalue weighted by Crippen LogP contribution is -2.52. The van der Waals surface area contributed by atoms with Gasteiger partial charge in [0.2, 0.25) is 0 Å². The number of amides is 1. The molecule has 0 radical (unpaired) electrons. The monoisotopic (exact) mass is 282 g/mol. The second kappa shape index (κ2) is 5.56. The first-order valence-electron chi connectivity index (χ1n) is 6.31.